The molecule has 1 saturated carbocycles. The van der Waals surface area contributed by atoms with Crippen LogP contribution >= 0.6 is 27.5 Å². The third-order valence-corrected chi connectivity index (χ3v) is 4.97. The number of methoxy groups -OCH3 is 1. The first-order valence-electron chi connectivity index (χ1n) is 6.67. The molecule has 1 aliphatic rings. The number of hydrogen-bond donors (Lipinski definition) is 0. The predicted octanol–water partition coefficient (Wildman–Crippen LogP) is 5.19. The molecule has 1 aromatic rings. The monoisotopic (exact) mass is 330 g/mol. The molecule has 0 aliphatic heterocycles. The number of hydrogen-bond acceptors (Lipinski definition) is 1. The van der Waals surface area contributed by atoms with E-state index < -0.39 is 0 Å². The third kappa shape index (κ3) is 3.64. The molecule has 0 saturated heterocycles. The number of rotatable bonds is 3. The minimum Gasteiger partial charge on any atom is -0.496 e. The van der Waals surface area contributed by atoms with Crippen molar-refractivity contribution in [1.82, 2.24) is 0 Å². The second kappa shape index (κ2) is 6.81. The number of alkyl halides is 1. The van der Waals surface area contributed by atoms with E-state index in [4.69, 9.17) is 16.3 Å². The molecule has 2 unspecified atom stereocenters. The van der Waals surface area contributed by atoms with Crippen LogP contribution in [0, 0.1) is 5.92 Å². The summed E-state index contributed by atoms with van der Waals surface area (Å²) in [7, 11) is 1.69. The molecule has 1 aromatic carbocycles. The summed E-state index contributed by atoms with van der Waals surface area (Å²) in [6.45, 7) is 0. The Morgan fingerprint density at radius 3 is 2.78 bits per heavy atom. The molecule has 1 nitrogen and oxygen atoms in total. The zero-order valence-corrected chi connectivity index (χ0v) is 13.1. The summed E-state index contributed by atoms with van der Waals surface area (Å²) in [4.78, 5) is 0. The summed E-state index contributed by atoms with van der Waals surface area (Å²) in [6, 6.07) is 6.34. The standard InChI is InChI=1S/C15H20BrClO/c1-18-15-8-7-11(10-13(15)16)9-12-5-3-2-4-6-14(12)17/h7-8,10,12,14H,2-6,9H2,1H3. The van der Waals surface area contributed by atoms with Gasteiger partial charge in [0.05, 0.1) is 11.6 Å². The number of benzene rings is 1. The Hall–Kier alpha value is -0.210. The molecule has 0 bridgehead atoms. The highest BCUT2D eigenvalue weighted by Gasteiger charge is 2.22. The van der Waals surface area contributed by atoms with Crippen LogP contribution < -0.4 is 4.74 Å². The average Bonchev–Trinajstić information content (AvgIpc) is 2.55. The smallest absolute Gasteiger partial charge is 0.133 e. The first-order valence-corrected chi connectivity index (χ1v) is 7.90. The summed E-state index contributed by atoms with van der Waals surface area (Å²) in [6.07, 6.45) is 7.46. The number of halogens is 2. The molecular formula is C15H20BrClO. The van der Waals surface area contributed by atoms with Gasteiger partial charge in [0.1, 0.15) is 5.75 Å². The predicted molar refractivity (Wildman–Crippen MR) is 80.6 cm³/mol. The van der Waals surface area contributed by atoms with E-state index in [0.29, 0.717) is 11.3 Å². The maximum absolute atomic E-state index is 6.50. The molecule has 0 heterocycles. The lowest BCUT2D eigenvalue weighted by molar-refractivity contribution is 0.411. The Balaban J connectivity index is 2.05. The molecule has 1 fully saturated rings. The summed E-state index contributed by atoms with van der Waals surface area (Å²) < 4.78 is 6.29. The SMILES string of the molecule is COc1ccc(CC2CCCCCC2Cl)cc1Br. The van der Waals surface area contributed by atoms with E-state index in [9.17, 15) is 0 Å². The van der Waals surface area contributed by atoms with Gasteiger partial charge in [0.2, 0.25) is 0 Å². The van der Waals surface area contributed by atoms with Crippen LogP contribution in [0.2, 0.25) is 0 Å². The van der Waals surface area contributed by atoms with E-state index in [1.807, 2.05) is 6.07 Å². The quantitative estimate of drug-likeness (QED) is 0.547. The fraction of sp³-hybridized carbons (Fsp3) is 0.600. The zero-order chi connectivity index (χ0) is 13.0. The van der Waals surface area contributed by atoms with Crippen molar-refractivity contribution < 1.29 is 4.74 Å². The van der Waals surface area contributed by atoms with Gasteiger partial charge < -0.3 is 4.74 Å². The molecular weight excluding hydrogens is 312 g/mol. The molecule has 2 rings (SSSR count). The lowest BCUT2D eigenvalue weighted by atomic mass is 9.92. The Morgan fingerprint density at radius 2 is 2.06 bits per heavy atom. The molecule has 1 aliphatic carbocycles. The molecule has 100 valence electrons. The van der Waals surface area contributed by atoms with Crippen LogP contribution in [0.25, 0.3) is 0 Å². The topological polar surface area (TPSA) is 9.23 Å². The first kappa shape index (κ1) is 14.2. The van der Waals surface area contributed by atoms with Gasteiger partial charge in [-0.1, -0.05) is 25.3 Å². The summed E-state index contributed by atoms with van der Waals surface area (Å²) in [5.74, 6) is 1.51. The molecule has 0 amide bonds. The molecule has 0 spiro atoms. The number of ether oxygens (including phenoxy) is 1. The van der Waals surface area contributed by atoms with Crippen LogP contribution in [-0.2, 0) is 6.42 Å². The second-order valence-corrected chi connectivity index (χ2v) is 6.50. The molecule has 18 heavy (non-hydrogen) atoms. The van der Waals surface area contributed by atoms with E-state index in [1.165, 1.54) is 37.7 Å². The third-order valence-electron chi connectivity index (χ3n) is 3.78. The molecule has 3 heteroatoms. The largest absolute Gasteiger partial charge is 0.496 e. The molecule has 0 N–H and O–H groups in total. The lowest BCUT2D eigenvalue weighted by Crippen LogP contribution is -2.16. The summed E-state index contributed by atoms with van der Waals surface area (Å²) >= 11 is 10.0. The van der Waals surface area contributed by atoms with Gasteiger partial charge in [0.15, 0.2) is 0 Å². The fourth-order valence-electron chi connectivity index (χ4n) is 2.71. The molecule has 0 aromatic heterocycles. The zero-order valence-electron chi connectivity index (χ0n) is 10.8. The van der Waals surface area contributed by atoms with Gasteiger partial charge in [-0.2, -0.15) is 0 Å². The Bertz CT molecular complexity index is 394. The highest BCUT2D eigenvalue weighted by Crippen LogP contribution is 2.32. The fourth-order valence-corrected chi connectivity index (χ4v) is 3.67. The van der Waals surface area contributed by atoms with Gasteiger partial charge in [-0.3, -0.25) is 0 Å². The van der Waals surface area contributed by atoms with Gasteiger partial charge in [0, 0.05) is 5.38 Å². The summed E-state index contributed by atoms with van der Waals surface area (Å²) in [5.41, 5.74) is 1.35. The van der Waals surface area contributed by atoms with Gasteiger partial charge in [-0.05, 0) is 58.8 Å². The highest BCUT2D eigenvalue weighted by molar-refractivity contribution is 9.10. The van der Waals surface area contributed by atoms with Crippen molar-refractivity contribution in [1.29, 1.82) is 0 Å². The van der Waals surface area contributed by atoms with E-state index in [0.717, 1.165) is 16.6 Å². The van der Waals surface area contributed by atoms with Crippen LogP contribution in [0.15, 0.2) is 22.7 Å². The molecule has 2 atom stereocenters. The van der Waals surface area contributed by atoms with Crippen LogP contribution in [0.5, 0.6) is 5.75 Å². The van der Waals surface area contributed by atoms with E-state index in [2.05, 4.69) is 28.1 Å². The molecule has 0 radical (unpaired) electrons. The van der Waals surface area contributed by atoms with Crippen molar-refractivity contribution in [3.63, 3.8) is 0 Å². The van der Waals surface area contributed by atoms with Gasteiger partial charge in [-0.25, -0.2) is 0 Å². The van der Waals surface area contributed by atoms with Crippen molar-refractivity contribution >= 4 is 27.5 Å². The van der Waals surface area contributed by atoms with Crippen molar-refractivity contribution in [3.05, 3.63) is 28.2 Å². The van der Waals surface area contributed by atoms with E-state index in [-0.39, 0.29) is 0 Å². The van der Waals surface area contributed by atoms with Crippen molar-refractivity contribution in [2.45, 2.75) is 43.9 Å². The van der Waals surface area contributed by atoms with E-state index in [1.54, 1.807) is 7.11 Å². The lowest BCUT2D eigenvalue weighted by Gasteiger charge is -2.20. The van der Waals surface area contributed by atoms with Crippen molar-refractivity contribution in [2.24, 2.45) is 5.92 Å². The van der Waals surface area contributed by atoms with Gasteiger partial charge in [0.25, 0.3) is 0 Å². The Kier molecular flexibility index (Phi) is 5.38. The maximum Gasteiger partial charge on any atom is 0.133 e. The minimum absolute atomic E-state index is 0.341. The van der Waals surface area contributed by atoms with Gasteiger partial charge in [-0.15, -0.1) is 11.6 Å². The maximum atomic E-state index is 6.50. The second-order valence-electron chi connectivity index (χ2n) is 5.09. The minimum atomic E-state index is 0.341. The van der Waals surface area contributed by atoms with Crippen LogP contribution in [0.1, 0.15) is 37.7 Å². The van der Waals surface area contributed by atoms with E-state index >= 15 is 0 Å². The van der Waals surface area contributed by atoms with Gasteiger partial charge >= 0.3 is 0 Å². The first-order chi connectivity index (χ1) is 8.70. The van der Waals surface area contributed by atoms with Crippen LogP contribution in [0.4, 0.5) is 0 Å². The normalized spacial score (nSPS) is 24.6. The van der Waals surface area contributed by atoms with Crippen molar-refractivity contribution in [3.8, 4) is 5.75 Å². The highest BCUT2D eigenvalue weighted by atomic mass is 79.9. The average molecular weight is 332 g/mol. The summed E-state index contributed by atoms with van der Waals surface area (Å²) in [5, 5.41) is 0.341. The Labute approximate surface area is 123 Å². The van der Waals surface area contributed by atoms with Crippen molar-refractivity contribution in [2.75, 3.05) is 7.11 Å². The van der Waals surface area contributed by atoms with Crippen LogP contribution in [0.3, 0.4) is 0 Å². The Morgan fingerprint density at radius 1 is 1.28 bits per heavy atom. The van der Waals surface area contributed by atoms with Crippen LogP contribution in [-0.4, -0.2) is 12.5 Å².